The van der Waals surface area contributed by atoms with Crippen LogP contribution >= 0.6 is 22.6 Å². The highest BCUT2D eigenvalue weighted by Gasteiger charge is 2.50. The predicted octanol–water partition coefficient (Wildman–Crippen LogP) is 3.24. The maximum absolute atomic E-state index is 6.10. The number of halogens is 1. The molecule has 2 atom stereocenters. The van der Waals surface area contributed by atoms with E-state index in [0.717, 1.165) is 25.5 Å². The molecule has 2 aliphatic rings. The van der Waals surface area contributed by atoms with Crippen LogP contribution in [0.25, 0.3) is 0 Å². The van der Waals surface area contributed by atoms with Crippen LogP contribution in [0.5, 0.6) is 0 Å². The molecule has 0 bridgehead atoms. The molecule has 19 heavy (non-hydrogen) atoms. The number of hydrogen-bond acceptors (Lipinski definition) is 2. The summed E-state index contributed by atoms with van der Waals surface area (Å²) in [5.74, 6) is 0.819. The molecule has 0 amide bonds. The fraction of sp³-hybridized carbons (Fsp3) is 0.625. The number of hydrogen-bond donors (Lipinski definition) is 1. The summed E-state index contributed by atoms with van der Waals surface area (Å²) < 4.78 is 7.41. The number of ether oxygens (including phenoxy) is 1. The van der Waals surface area contributed by atoms with Crippen LogP contribution in [-0.4, -0.2) is 26.3 Å². The molecule has 2 fully saturated rings. The summed E-state index contributed by atoms with van der Waals surface area (Å²) in [6.07, 6.45) is 5.54. The topological polar surface area (TPSA) is 21.3 Å². The van der Waals surface area contributed by atoms with Crippen molar-refractivity contribution in [1.82, 2.24) is 5.32 Å². The Morgan fingerprint density at radius 3 is 2.68 bits per heavy atom. The maximum Gasteiger partial charge on any atom is 0.0675 e. The Labute approximate surface area is 129 Å². The van der Waals surface area contributed by atoms with Gasteiger partial charge in [0.1, 0.15) is 0 Å². The first kappa shape index (κ1) is 13.8. The van der Waals surface area contributed by atoms with E-state index in [9.17, 15) is 0 Å². The predicted molar refractivity (Wildman–Crippen MR) is 86.3 cm³/mol. The van der Waals surface area contributed by atoms with Crippen molar-refractivity contribution in [1.29, 1.82) is 0 Å². The number of nitrogens with one attached hydrogen (secondary N) is 1. The first-order valence-corrected chi connectivity index (χ1v) is 8.32. The Hall–Kier alpha value is -0.130. The molecular formula is C16H22INO. The van der Waals surface area contributed by atoms with Gasteiger partial charge in [0.2, 0.25) is 0 Å². The van der Waals surface area contributed by atoms with Gasteiger partial charge in [-0.3, -0.25) is 0 Å². The first-order valence-electron chi connectivity index (χ1n) is 7.24. The zero-order chi connectivity index (χ0) is 13.3. The van der Waals surface area contributed by atoms with Crippen molar-refractivity contribution in [3.05, 3.63) is 33.4 Å². The van der Waals surface area contributed by atoms with Crippen molar-refractivity contribution in [3.63, 3.8) is 0 Å². The third kappa shape index (κ3) is 2.98. The van der Waals surface area contributed by atoms with Crippen LogP contribution in [0.2, 0.25) is 0 Å². The highest BCUT2D eigenvalue weighted by molar-refractivity contribution is 14.1. The summed E-state index contributed by atoms with van der Waals surface area (Å²) in [6.45, 7) is 2.01. The van der Waals surface area contributed by atoms with Crippen LogP contribution in [0.15, 0.2) is 24.3 Å². The Bertz CT molecular complexity index is 429. The lowest BCUT2D eigenvalue weighted by molar-refractivity contribution is 0.0314. The lowest BCUT2D eigenvalue weighted by Gasteiger charge is -2.34. The molecule has 0 spiro atoms. The van der Waals surface area contributed by atoms with Crippen LogP contribution in [0.4, 0.5) is 0 Å². The van der Waals surface area contributed by atoms with E-state index in [1.54, 1.807) is 0 Å². The molecule has 0 radical (unpaired) electrons. The van der Waals surface area contributed by atoms with Gasteiger partial charge in [-0.05, 0) is 78.9 Å². The molecule has 3 heteroatoms. The Balaban J connectivity index is 1.81. The molecular weight excluding hydrogens is 349 g/mol. The minimum absolute atomic E-state index is 0.308. The average molecular weight is 371 g/mol. The van der Waals surface area contributed by atoms with Gasteiger partial charge >= 0.3 is 0 Å². The van der Waals surface area contributed by atoms with E-state index >= 15 is 0 Å². The molecule has 1 saturated heterocycles. The number of rotatable bonds is 5. The van der Waals surface area contributed by atoms with Crippen molar-refractivity contribution in [2.75, 3.05) is 20.2 Å². The molecule has 1 aromatic rings. The van der Waals surface area contributed by atoms with E-state index in [1.807, 2.05) is 0 Å². The van der Waals surface area contributed by atoms with Crippen molar-refractivity contribution in [2.24, 2.45) is 11.3 Å². The third-order valence-corrected chi connectivity index (χ3v) is 5.27. The van der Waals surface area contributed by atoms with Gasteiger partial charge < -0.3 is 10.1 Å². The summed E-state index contributed by atoms with van der Waals surface area (Å²) in [7, 11) is 2.07. The molecule has 1 aliphatic carbocycles. The van der Waals surface area contributed by atoms with E-state index in [4.69, 9.17) is 4.74 Å². The molecule has 1 N–H and O–H groups in total. The summed E-state index contributed by atoms with van der Waals surface area (Å²) in [4.78, 5) is 0. The molecule has 1 heterocycles. The molecule has 3 rings (SSSR count). The van der Waals surface area contributed by atoms with Gasteiger partial charge in [-0.2, -0.15) is 0 Å². The highest BCUT2D eigenvalue weighted by atomic mass is 127. The van der Waals surface area contributed by atoms with E-state index in [2.05, 4.69) is 59.2 Å². The Morgan fingerprint density at radius 2 is 2.05 bits per heavy atom. The lowest BCUT2D eigenvalue weighted by Crippen LogP contribution is -2.42. The zero-order valence-corrected chi connectivity index (χ0v) is 13.7. The monoisotopic (exact) mass is 371 g/mol. The maximum atomic E-state index is 6.10. The van der Waals surface area contributed by atoms with Crippen molar-refractivity contribution >= 4 is 22.6 Å². The largest absolute Gasteiger partial charge is 0.377 e. The number of benzene rings is 1. The van der Waals surface area contributed by atoms with Crippen LogP contribution in [0.1, 0.15) is 24.8 Å². The second-order valence-corrected chi connectivity index (χ2v) is 7.32. The van der Waals surface area contributed by atoms with Gasteiger partial charge in [0.05, 0.1) is 6.10 Å². The van der Waals surface area contributed by atoms with Gasteiger partial charge in [-0.15, -0.1) is 0 Å². The van der Waals surface area contributed by atoms with E-state index in [-0.39, 0.29) is 0 Å². The normalized spacial score (nSPS) is 30.7. The highest BCUT2D eigenvalue weighted by Crippen LogP contribution is 2.49. The lowest BCUT2D eigenvalue weighted by atomic mass is 9.74. The van der Waals surface area contributed by atoms with Gasteiger partial charge in [0.15, 0.2) is 0 Å². The standard InChI is InChI=1S/C16H22INO/c1-18-11-16(8-9-19-15(16)13-4-5-13)10-12-2-6-14(17)7-3-12/h2-3,6-7,13,15,18H,4-5,8-11H2,1H3. The molecule has 1 aromatic carbocycles. The molecule has 1 aliphatic heterocycles. The van der Waals surface area contributed by atoms with Crippen LogP contribution in [0.3, 0.4) is 0 Å². The van der Waals surface area contributed by atoms with Gasteiger partial charge in [-0.1, -0.05) is 12.1 Å². The first-order chi connectivity index (χ1) is 9.23. The van der Waals surface area contributed by atoms with Crippen LogP contribution in [-0.2, 0) is 11.2 Å². The second kappa shape index (κ2) is 5.70. The quantitative estimate of drug-likeness (QED) is 0.803. The SMILES string of the molecule is CNCC1(Cc2ccc(I)cc2)CCOC1C1CC1. The fourth-order valence-corrected chi connectivity index (χ4v) is 3.90. The molecule has 104 valence electrons. The Morgan fingerprint density at radius 1 is 1.32 bits per heavy atom. The van der Waals surface area contributed by atoms with Gasteiger partial charge in [0.25, 0.3) is 0 Å². The summed E-state index contributed by atoms with van der Waals surface area (Å²) in [5, 5.41) is 3.41. The summed E-state index contributed by atoms with van der Waals surface area (Å²) >= 11 is 2.37. The average Bonchev–Trinajstić information content (AvgIpc) is 3.16. The zero-order valence-electron chi connectivity index (χ0n) is 11.5. The fourth-order valence-electron chi connectivity index (χ4n) is 3.54. The summed E-state index contributed by atoms with van der Waals surface area (Å²) in [5.41, 5.74) is 1.76. The van der Waals surface area contributed by atoms with Crippen LogP contribution in [0, 0.1) is 14.9 Å². The smallest absolute Gasteiger partial charge is 0.0675 e. The molecule has 2 nitrogen and oxygen atoms in total. The summed E-state index contributed by atoms with van der Waals surface area (Å²) in [6, 6.07) is 8.98. The van der Waals surface area contributed by atoms with E-state index in [0.29, 0.717) is 11.5 Å². The van der Waals surface area contributed by atoms with Crippen molar-refractivity contribution < 1.29 is 4.74 Å². The molecule has 0 aromatic heterocycles. The molecule has 1 saturated carbocycles. The van der Waals surface area contributed by atoms with E-state index < -0.39 is 0 Å². The van der Waals surface area contributed by atoms with Crippen molar-refractivity contribution in [3.8, 4) is 0 Å². The van der Waals surface area contributed by atoms with Crippen molar-refractivity contribution in [2.45, 2.75) is 31.8 Å². The minimum atomic E-state index is 0.308. The second-order valence-electron chi connectivity index (χ2n) is 6.07. The van der Waals surface area contributed by atoms with Gasteiger partial charge in [-0.25, -0.2) is 0 Å². The Kier molecular flexibility index (Phi) is 4.15. The van der Waals surface area contributed by atoms with E-state index in [1.165, 1.54) is 28.4 Å². The van der Waals surface area contributed by atoms with Gasteiger partial charge in [0, 0.05) is 22.1 Å². The molecule has 2 unspecified atom stereocenters. The van der Waals surface area contributed by atoms with Crippen LogP contribution < -0.4 is 5.32 Å². The third-order valence-electron chi connectivity index (χ3n) is 4.55. The minimum Gasteiger partial charge on any atom is -0.377 e.